The molecule has 5 heteroatoms. The molecule has 1 aliphatic rings. The molecule has 21 heavy (non-hydrogen) atoms. The van der Waals surface area contributed by atoms with E-state index in [0.29, 0.717) is 15.0 Å². The summed E-state index contributed by atoms with van der Waals surface area (Å²) in [6, 6.07) is 17.2. The zero-order valence-electron chi connectivity index (χ0n) is 10.9. The molecule has 1 aliphatic heterocycles. The van der Waals surface area contributed by atoms with Gasteiger partial charge in [-0.1, -0.05) is 78.0 Å². The molecule has 106 valence electrons. The summed E-state index contributed by atoms with van der Waals surface area (Å²) in [6.07, 6.45) is 0.966. The third-order valence-corrected chi connectivity index (χ3v) is 4.86. The molecule has 2 nitrogen and oxygen atoms in total. The molecule has 0 saturated carbocycles. The quantitative estimate of drug-likeness (QED) is 0.815. The van der Waals surface area contributed by atoms with E-state index in [9.17, 15) is 5.11 Å². The van der Waals surface area contributed by atoms with Gasteiger partial charge in [0.05, 0.1) is 10.7 Å². The van der Waals surface area contributed by atoms with Crippen LogP contribution in [0.25, 0.3) is 4.91 Å². The molecular formula is C16H12ClNOS2. The number of aliphatic hydroxyl groups excluding tert-OH is 1. The Labute approximate surface area is 138 Å². The molecule has 0 aromatic heterocycles. The predicted octanol–water partition coefficient (Wildman–Crippen LogP) is 4.54. The topological polar surface area (TPSA) is 23.5 Å². The second-order valence-corrected chi connectivity index (χ2v) is 6.58. The van der Waals surface area contributed by atoms with E-state index < -0.39 is 6.23 Å². The minimum Gasteiger partial charge on any atom is -0.369 e. The lowest BCUT2D eigenvalue weighted by atomic mass is 10.2. The summed E-state index contributed by atoms with van der Waals surface area (Å²) in [7, 11) is 0. The molecule has 0 fully saturated rings. The number of benzene rings is 2. The highest BCUT2D eigenvalue weighted by Crippen LogP contribution is 2.39. The SMILES string of the molecule is OC1C=C(c2ccccc2)SC(=S)N1c1ccccc1Cl. The zero-order chi connectivity index (χ0) is 14.8. The van der Waals surface area contributed by atoms with Gasteiger partial charge in [0.1, 0.15) is 4.32 Å². The van der Waals surface area contributed by atoms with Crippen LogP contribution in [0.1, 0.15) is 5.56 Å². The van der Waals surface area contributed by atoms with Gasteiger partial charge in [-0.25, -0.2) is 0 Å². The summed E-state index contributed by atoms with van der Waals surface area (Å²) in [5.74, 6) is 0. The normalized spacial score (nSPS) is 18.6. The minimum atomic E-state index is -0.825. The van der Waals surface area contributed by atoms with Crippen LogP contribution in [0.5, 0.6) is 0 Å². The van der Waals surface area contributed by atoms with E-state index in [0.717, 1.165) is 10.5 Å². The van der Waals surface area contributed by atoms with Crippen LogP contribution in [0.15, 0.2) is 60.7 Å². The Kier molecular flexibility index (Phi) is 4.31. The average molecular weight is 334 g/mol. The fourth-order valence-electron chi connectivity index (χ4n) is 2.14. The number of thioether (sulfide) groups is 1. The molecule has 1 heterocycles. The van der Waals surface area contributed by atoms with Gasteiger partial charge < -0.3 is 5.11 Å². The van der Waals surface area contributed by atoms with Gasteiger partial charge in [0.25, 0.3) is 0 Å². The second-order valence-electron chi connectivity index (χ2n) is 4.50. The lowest BCUT2D eigenvalue weighted by molar-refractivity contribution is 0.234. The maximum Gasteiger partial charge on any atom is 0.153 e. The Morgan fingerprint density at radius 2 is 1.71 bits per heavy atom. The average Bonchev–Trinajstić information content (AvgIpc) is 2.49. The first kappa shape index (κ1) is 14.6. The van der Waals surface area contributed by atoms with Crippen molar-refractivity contribution in [3.63, 3.8) is 0 Å². The Balaban J connectivity index is 1.96. The van der Waals surface area contributed by atoms with Gasteiger partial charge in [-0.15, -0.1) is 0 Å². The van der Waals surface area contributed by atoms with E-state index in [1.165, 1.54) is 11.8 Å². The van der Waals surface area contributed by atoms with Crippen molar-refractivity contribution in [2.75, 3.05) is 4.90 Å². The van der Waals surface area contributed by atoms with Gasteiger partial charge >= 0.3 is 0 Å². The maximum absolute atomic E-state index is 10.4. The largest absolute Gasteiger partial charge is 0.369 e. The fraction of sp³-hybridized carbons (Fsp3) is 0.0625. The Hall–Kier alpha value is -1.33. The highest BCUT2D eigenvalue weighted by atomic mass is 35.5. The van der Waals surface area contributed by atoms with E-state index in [1.807, 2.05) is 48.5 Å². The summed E-state index contributed by atoms with van der Waals surface area (Å²) in [5.41, 5.74) is 1.76. The number of para-hydroxylation sites is 1. The molecule has 0 spiro atoms. The highest BCUT2D eigenvalue weighted by molar-refractivity contribution is 8.29. The third kappa shape index (κ3) is 2.99. The monoisotopic (exact) mass is 333 g/mol. The second kappa shape index (κ2) is 6.20. The van der Waals surface area contributed by atoms with E-state index in [4.69, 9.17) is 23.8 Å². The van der Waals surface area contributed by atoms with Crippen molar-refractivity contribution >= 4 is 50.5 Å². The number of aliphatic hydroxyl groups is 1. The number of anilines is 1. The first-order valence-corrected chi connectivity index (χ1v) is 7.98. The van der Waals surface area contributed by atoms with Gasteiger partial charge in [-0.05, 0) is 23.8 Å². The summed E-state index contributed by atoms with van der Waals surface area (Å²) in [4.78, 5) is 2.62. The van der Waals surface area contributed by atoms with Crippen LogP contribution < -0.4 is 4.90 Å². The standard InChI is InChI=1S/C16H12ClNOS2/c17-12-8-4-5-9-13(12)18-15(19)10-14(21-16(18)20)11-6-2-1-3-7-11/h1-10,15,19H. The Morgan fingerprint density at radius 3 is 2.38 bits per heavy atom. The molecular weight excluding hydrogens is 322 g/mol. The molecule has 0 amide bonds. The van der Waals surface area contributed by atoms with Crippen molar-refractivity contribution < 1.29 is 5.11 Å². The van der Waals surface area contributed by atoms with Gasteiger partial charge in [-0.3, -0.25) is 4.90 Å². The Bertz CT molecular complexity index is 702. The number of halogens is 1. The molecule has 2 aromatic rings. The Morgan fingerprint density at radius 1 is 1.05 bits per heavy atom. The van der Waals surface area contributed by atoms with Crippen LogP contribution >= 0.6 is 35.6 Å². The van der Waals surface area contributed by atoms with Crippen molar-refractivity contribution in [1.82, 2.24) is 0 Å². The smallest absolute Gasteiger partial charge is 0.153 e. The summed E-state index contributed by atoms with van der Waals surface area (Å²) < 4.78 is 0.581. The molecule has 0 radical (unpaired) electrons. The van der Waals surface area contributed by atoms with Crippen molar-refractivity contribution in [3.8, 4) is 0 Å². The number of hydrogen-bond acceptors (Lipinski definition) is 3. The van der Waals surface area contributed by atoms with E-state index in [-0.39, 0.29) is 0 Å². The molecule has 0 bridgehead atoms. The maximum atomic E-state index is 10.4. The first-order valence-electron chi connectivity index (χ1n) is 6.38. The summed E-state index contributed by atoms with van der Waals surface area (Å²) >= 11 is 13.1. The van der Waals surface area contributed by atoms with Crippen LogP contribution in [0.4, 0.5) is 5.69 Å². The molecule has 0 saturated heterocycles. The van der Waals surface area contributed by atoms with E-state index in [1.54, 1.807) is 17.0 Å². The van der Waals surface area contributed by atoms with E-state index >= 15 is 0 Å². The number of nitrogens with zero attached hydrogens (tertiary/aromatic N) is 1. The van der Waals surface area contributed by atoms with Gasteiger partial charge in [0, 0.05) is 4.91 Å². The molecule has 1 unspecified atom stereocenters. The third-order valence-electron chi connectivity index (χ3n) is 3.13. The highest BCUT2D eigenvalue weighted by Gasteiger charge is 2.27. The van der Waals surface area contributed by atoms with Gasteiger partial charge in [-0.2, -0.15) is 0 Å². The number of hydrogen-bond donors (Lipinski definition) is 1. The fourth-order valence-corrected chi connectivity index (χ4v) is 3.78. The lowest BCUT2D eigenvalue weighted by Crippen LogP contribution is -2.39. The van der Waals surface area contributed by atoms with Crippen LogP contribution in [0.2, 0.25) is 5.02 Å². The number of rotatable bonds is 2. The van der Waals surface area contributed by atoms with E-state index in [2.05, 4.69) is 0 Å². The van der Waals surface area contributed by atoms with Crippen molar-refractivity contribution in [3.05, 3.63) is 71.3 Å². The van der Waals surface area contributed by atoms with Crippen LogP contribution in [-0.2, 0) is 0 Å². The lowest BCUT2D eigenvalue weighted by Gasteiger charge is -2.33. The number of thiocarbonyl (C=S) groups is 1. The molecule has 3 rings (SSSR count). The molecule has 1 N–H and O–H groups in total. The van der Waals surface area contributed by atoms with Crippen molar-refractivity contribution in [2.24, 2.45) is 0 Å². The molecule has 2 aromatic carbocycles. The molecule has 0 aliphatic carbocycles. The van der Waals surface area contributed by atoms with Crippen molar-refractivity contribution in [2.45, 2.75) is 6.23 Å². The van der Waals surface area contributed by atoms with Crippen LogP contribution in [0, 0.1) is 0 Å². The first-order chi connectivity index (χ1) is 10.2. The summed E-state index contributed by atoms with van der Waals surface area (Å²) in [5, 5.41) is 11.0. The summed E-state index contributed by atoms with van der Waals surface area (Å²) in [6.45, 7) is 0. The van der Waals surface area contributed by atoms with Gasteiger partial charge in [0.15, 0.2) is 6.23 Å². The van der Waals surface area contributed by atoms with Crippen LogP contribution in [-0.4, -0.2) is 15.7 Å². The predicted molar refractivity (Wildman–Crippen MR) is 94.5 cm³/mol. The zero-order valence-corrected chi connectivity index (χ0v) is 13.3. The van der Waals surface area contributed by atoms with Crippen molar-refractivity contribution in [1.29, 1.82) is 0 Å². The van der Waals surface area contributed by atoms with Gasteiger partial charge in [0.2, 0.25) is 0 Å². The minimum absolute atomic E-state index is 0.566. The van der Waals surface area contributed by atoms with Crippen LogP contribution in [0.3, 0.4) is 0 Å². The molecule has 1 atom stereocenters.